The van der Waals surface area contributed by atoms with E-state index in [1.807, 2.05) is 0 Å². The number of halogens is 1. The molecule has 1 aromatic carbocycles. The van der Waals surface area contributed by atoms with E-state index in [0.717, 1.165) is 24.7 Å². The second kappa shape index (κ2) is 11.4. The van der Waals surface area contributed by atoms with Crippen LogP contribution in [-0.4, -0.2) is 36.2 Å². The van der Waals surface area contributed by atoms with Gasteiger partial charge in [0.05, 0.1) is 0 Å². The van der Waals surface area contributed by atoms with Gasteiger partial charge in [-0.3, -0.25) is 4.99 Å². The Kier molecular flexibility index (Phi) is 9.92. The molecule has 0 saturated carbocycles. The van der Waals surface area contributed by atoms with Gasteiger partial charge in [-0.1, -0.05) is 64.0 Å². The summed E-state index contributed by atoms with van der Waals surface area (Å²) in [5.74, 6) is 2.46. The minimum absolute atomic E-state index is 0. The lowest BCUT2D eigenvalue weighted by Crippen LogP contribution is -2.44. The third-order valence-corrected chi connectivity index (χ3v) is 4.70. The van der Waals surface area contributed by atoms with Gasteiger partial charge >= 0.3 is 0 Å². The normalized spacial score (nSPS) is 12.0. The predicted octanol–water partition coefficient (Wildman–Crippen LogP) is 4.06. The lowest BCUT2D eigenvalue weighted by atomic mass is 9.84. The molecule has 0 bridgehead atoms. The predicted molar refractivity (Wildman–Crippen MR) is 126 cm³/mol. The molecule has 0 radical (unpaired) electrons. The van der Waals surface area contributed by atoms with Crippen molar-refractivity contribution in [2.75, 3.05) is 20.1 Å². The van der Waals surface area contributed by atoms with E-state index in [1.54, 1.807) is 7.05 Å². The van der Waals surface area contributed by atoms with Crippen molar-refractivity contribution in [1.29, 1.82) is 0 Å². The van der Waals surface area contributed by atoms with Gasteiger partial charge in [-0.2, -0.15) is 4.98 Å². The molecule has 2 aromatic rings. The van der Waals surface area contributed by atoms with Crippen molar-refractivity contribution in [3.8, 4) is 0 Å². The summed E-state index contributed by atoms with van der Waals surface area (Å²) in [6.45, 7) is 12.2. The SMILES string of the molecule is CCc1ccc(C(C)(C)CNC(=NC)NCCc2nc(C(C)C)no2)cc1.I. The summed E-state index contributed by atoms with van der Waals surface area (Å²) in [5.41, 5.74) is 2.68. The van der Waals surface area contributed by atoms with Crippen molar-refractivity contribution in [2.24, 2.45) is 4.99 Å². The third-order valence-electron chi connectivity index (χ3n) is 4.70. The molecule has 2 N–H and O–H groups in total. The van der Waals surface area contributed by atoms with Gasteiger partial charge in [0.1, 0.15) is 0 Å². The molecule has 1 aromatic heterocycles. The summed E-state index contributed by atoms with van der Waals surface area (Å²) in [4.78, 5) is 8.70. The molecule has 0 amide bonds. The Morgan fingerprint density at radius 1 is 1.18 bits per heavy atom. The molecule has 0 aliphatic carbocycles. The molecule has 0 atom stereocenters. The quantitative estimate of drug-likeness (QED) is 0.326. The fourth-order valence-corrected chi connectivity index (χ4v) is 2.71. The van der Waals surface area contributed by atoms with E-state index in [0.29, 0.717) is 18.9 Å². The Labute approximate surface area is 186 Å². The van der Waals surface area contributed by atoms with Crippen LogP contribution in [0.2, 0.25) is 0 Å². The van der Waals surface area contributed by atoms with E-state index in [2.05, 4.69) is 84.7 Å². The molecular formula is C21H34IN5O. The highest BCUT2D eigenvalue weighted by molar-refractivity contribution is 14.0. The number of nitrogens with one attached hydrogen (secondary N) is 2. The highest BCUT2D eigenvalue weighted by atomic mass is 127. The Balaban J connectivity index is 0.00000392. The lowest BCUT2D eigenvalue weighted by Gasteiger charge is -2.27. The Bertz CT molecular complexity index is 738. The van der Waals surface area contributed by atoms with Crippen LogP contribution in [0.3, 0.4) is 0 Å². The van der Waals surface area contributed by atoms with Gasteiger partial charge in [0.25, 0.3) is 0 Å². The minimum Gasteiger partial charge on any atom is -0.356 e. The van der Waals surface area contributed by atoms with Crippen LogP contribution in [0.25, 0.3) is 0 Å². The summed E-state index contributed by atoms with van der Waals surface area (Å²) >= 11 is 0. The number of hydrogen-bond acceptors (Lipinski definition) is 4. The summed E-state index contributed by atoms with van der Waals surface area (Å²) in [6, 6.07) is 8.86. The molecule has 0 unspecified atom stereocenters. The van der Waals surface area contributed by atoms with Crippen LogP contribution < -0.4 is 10.6 Å². The zero-order valence-corrected chi connectivity index (χ0v) is 20.2. The summed E-state index contributed by atoms with van der Waals surface area (Å²) in [6.07, 6.45) is 1.73. The van der Waals surface area contributed by atoms with Gasteiger partial charge < -0.3 is 15.2 Å². The van der Waals surface area contributed by atoms with Crippen molar-refractivity contribution in [2.45, 2.75) is 58.8 Å². The van der Waals surface area contributed by atoms with E-state index in [-0.39, 0.29) is 35.3 Å². The van der Waals surface area contributed by atoms with Crippen LogP contribution in [0.1, 0.15) is 63.4 Å². The maximum atomic E-state index is 5.27. The number of hydrogen-bond donors (Lipinski definition) is 2. The number of nitrogens with zero attached hydrogens (tertiary/aromatic N) is 3. The average molecular weight is 499 g/mol. The van der Waals surface area contributed by atoms with Crippen LogP contribution in [0, 0.1) is 0 Å². The Hall–Kier alpha value is -1.64. The molecular weight excluding hydrogens is 465 g/mol. The van der Waals surface area contributed by atoms with Gasteiger partial charge in [-0.05, 0) is 17.5 Å². The molecule has 0 aliphatic rings. The highest BCUT2D eigenvalue weighted by Gasteiger charge is 2.21. The van der Waals surface area contributed by atoms with E-state index in [4.69, 9.17) is 4.52 Å². The van der Waals surface area contributed by atoms with Crippen molar-refractivity contribution >= 4 is 29.9 Å². The molecule has 28 heavy (non-hydrogen) atoms. The van der Waals surface area contributed by atoms with Gasteiger partial charge in [0.15, 0.2) is 11.8 Å². The van der Waals surface area contributed by atoms with Crippen LogP contribution in [0.5, 0.6) is 0 Å². The molecule has 2 rings (SSSR count). The van der Waals surface area contributed by atoms with Gasteiger partial charge in [0.2, 0.25) is 5.89 Å². The van der Waals surface area contributed by atoms with Crippen molar-refractivity contribution in [3.05, 3.63) is 47.1 Å². The smallest absolute Gasteiger partial charge is 0.228 e. The first kappa shape index (κ1) is 24.4. The monoisotopic (exact) mass is 499 g/mol. The van der Waals surface area contributed by atoms with E-state index in [1.165, 1.54) is 11.1 Å². The van der Waals surface area contributed by atoms with Crippen molar-refractivity contribution in [3.63, 3.8) is 0 Å². The number of guanidine groups is 1. The number of aryl methyl sites for hydroxylation is 1. The third kappa shape index (κ3) is 7.07. The zero-order valence-electron chi connectivity index (χ0n) is 17.9. The Morgan fingerprint density at radius 3 is 2.39 bits per heavy atom. The van der Waals surface area contributed by atoms with Gasteiger partial charge in [0, 0.05) is 37.9 Å². The van der Waals surface area contributed by atoms with Crippen LogP contribution in [0.4, 0.5) is 0 Å². The first-order chi connectivity index (χ1) is 12.9. The average Bonchev–Trinajstić information content (AvgIpc) is 3.14. The summed E-state index contributed by atoms with van der Waals surface area (Å²) < 4.78 is 5.27. The van der Waals surface area contributed by atoms with E-state index < -0.39 is 0 Å². The first-order valence-corrected chi connectivity index (χ1v) is 9.72. The van der Waals surface area contributed by atoms with Crippen molar-refractivity contribution < 1.29 is 4.52 Å². The van der Waals surface area contributed by atoms with Gasteiger partial charge in [-0.15, -0.1) is 24.0 Å². The highest BCUT2D eigenvalue weighted by Crippen LogP contribution is 2.22. The Morgan fingerprint density at radius 2 is 1.86 bits per heavy atom. The molecule has 0 saturated heterocycles. The largest absolute Gasteiger partial charge is 0.356 e. The number of rotatable bonds is 8. The fraction of sp³-hybridized carbons (Fsp3) is 0.571. The minimum atomic E-state index is 0. The topological polar surface area (TPSA) is 75.3 Å². The number of aromatic nitrogens is 2. The fourth-order valence-electron chi connectivity index (χ4n) is 2.71. The molecule has 156 valence electrons. The molecule has 0 fully saturated rings. The molecule has 1 heterocycles. The van der Waals surface area contributed by atoms with Crippen LogP contribution >= 0.6 is 24.0 Å². The number of benzene rings is 1. The maximum Gasteiger partial charge on any atom is 0.228 e. The standard InChI is InChI=1S/C21H33N5O.HI/c1-7-16-8-10-17(11-9-16)21(4,5)14-24-20(22-6)23-13-12-18-25-19(15(2)3)26-27-18;/h8-11,15H,7,12-14H2,1-6H3,(H2,22,23,24);1H. The second-order valence-corrected chi connectivity index (χ2v) is 7.74. The summed E-state index contributed by atoms with van der Waals surface area (Å²) in [5, 5.41) is 10.7. The molecule has 0 spiro atoms. The van der Waals surface area contributed by atoms with Crippen LogP contribution in [-0.2, 0) is 18.3 Å². The van der Waals surface area contributed by atoms with E-state index in [9.17, 15) is 0 Å². The van der Waals surface area contributed by atoms with Crippen molar-refractivity contribution in [1.82, 2.24) is 20.8 Å². The molecule has 0 aliphatic heterocycles. The first-order valence-electron chi connectivity index (χ1n) is 9.72. The molecule has 6 nitrogen and oxygen atoms in total. The van der Waals surface area contributed by atoms with E-state index >= 15 is 0 Å². The summed E-state index contributed by atoms with van der Waals surface area (Å²) in [7, 11) is 1.78. The van der Waals surface area contributed by atoms with Crippen LogP contribution in [0.15, 0.2) is 33.8 Å². The maximum absolute atomic E-state index is 5.27. The zero-order chi connectivity index (χ0) is 19.9. The molecule has 7 heteroatoms. The lowest BCUT2D eigenvalue weighted by molar-refractivity contribution is 0.371. The second-order valence-electron chi connectivity index (χ2n) is 7.74. The number of aliphatic imine (C=N–C) groups is 1. The van der Waals surface area contributed by atoms with Gasteiger partial charge in [-0.25, -0.2) is 0 Å².